The van der Waals surface area contributed by atoms with Gasteiger partial charge in [-0.3, -0.25) is 0 Å². The van der Waals surface area contributed by atoms with Crippen molar-refractivity contribution in [2.45, 2.75) is 19.3 Å². The van der Waals surface area contributed by atoms with Crippen molar-refractivity contribution in [3.63, 3.8) is 0 Å². The summed E-state index contributed by atoms with van der Waals surface area (Å²) in [5.41, 5.74) is 0.865. The van der Waals surface area contributed by atoms with Crippen LogP contribution in [0.5, 0.6) is 5.75 Å². The van der Waals surface area contributed by atoms with E-state index in [1.165, 1.54) is 24.5 Å². The van der Waals surface area contributed by atoms with Gasteiger partial charge in [-0.25, -0.2) is 4.98 Å². The number of fused-ring (bicyclic) bond motifs is 1. The number of aryl methyl sites for hydroxylation is 1. The molecule has 0 aliphatic carbocycles. The second kappa shape index (κ2) is 6.55. The van der Waals surface area contributed by atoms with E-state index in [1.807, 2.05) is 0 Å². The summed E-state index contributed by atoms with van der Waals surface area (Å²) in [5, 5.41) is 16.8. The highest BCUT2D eigenvalue weighted by Gasteiger charge is 2.33. The summed E-state index contributed by atoms with van der Waals surface area (Å²) in [7, 11) is 0. The van der Waals surface area contributed by atoms with Crippen molar-refractivity contribution >= 4 is 16.9 Å². The third kappa shape index (κ3) is 3.63. The Kier molecular flexibility index (Phi) is 4.45. The number of benzene rings is 1. The molecular formula is C15H13F3N4O3. The number of anilines is 1. The SMILES string of the molecule is Cc1noc2ncnc(NC(CO)c3ccccc3OC(F)(F)F)c12. The molecule has 0 saturated carbocycles. The fraction of sp³-hybridized carbons (Fsp3) is 0.267. The average Bonchev–Trinajstić information content (AvgIpc) is 2.94. The molecule has 2 N–H and O–H groups in total. The zero-order valence-electron chi connectivity index (χ0n) is 12.9. The smallest absolute Gasteiger partial charge is 0.405 e. The average molecular weight is 354 g/mol. The van der Waals surface area contributed by atoms with Crippen molar-refractivity contribution in [3.8, 4) is 5.75 Å². The zero-order chi connectivity index (χ0) is 18.0. The Morgan fingerprint density at radius 3 is 2.76 bits per heavy atom. The molecule has 0 aliphatic rings. The van der Waals surface area contributed by atoms with Crippen LogP contribution in [-0.2, 0) is 0 Å². The molecule has 0 spiro atoms. The minimum atomic E-state index is -4.84. The van der Waals surface area contributed by atoms with Gasteiger partial charge in [-0.1, -0.05) is 23.4 Å². The fourth-order valence-corrected chi connectivity index (χ4v) is 2.40. The number of ether oxygens (including phenoxy) is 1. The highest BCUT2D eigenvalue weighted by atomic mass is 19.4. The van der Waals surface area contributed by atoms with Crippen LogP contribution in [0.3, 0.4) is 0 Å². The summed E-state index contributed by atoms with van der Waals surface area (Å²) in [4.78, 5) is 7.98. The molecule has 3 aromatic rings. The molecule has 1 aromatic carbocycles. The van der Waals surface area contributed by atoms with Crippen LogP contribution in [0, 0.1) is 6.92 Å². The second-order valence-electron chi connectivity index (χ2n) is 5.14. The molecule has 0 fully saturated rings. The number of hydrogen-bond donors (Lipinski definition) is 2. The second-order valence-corrected chi connectivity index (χ2v) is 5.14. The minimum Gasteiger partial charge on any atom is -0.405 e. The number of halogens is 3. The third-order valence-electron chi connectivity index (χ3n) is 3.46. The van der Waals surface area contributed by atoms with Crippen molar-refractivity contribution in [2.75, 3.05) is 11.9 Å². The van der Waals surface area contributed by atoms with Crippen LogP contribution in [0.2, 0.25) is 0 Å². The lowest BCUT2D eigenvalue weighted by molar-refractivity contribution is -0.275. The zero-order valence-corrected chi connectivity index (χ0v) is 12.9. The largest absolute Gasteiger partial charge is 0.573 e. The number of hydrogen-bond acceptors (Lipinski definition) is 7. The summed E-state index contributed by atoms with van der Waals surface area (Å²) in [6.07, 6.45) is -3.62. The summed E-state index contributed by atoms with van der Waals surface area (Å²) >= 11 is 0. The van der Waals surface area contributed by atoms with E-state index in [1.54, 1.807) is 13.0 Å². The van der Waals surface area contributed by atoms with Gasteiger partial charge in [-0.05, 0) is 13.0 Å². The maximum absolute atomic E-state index is 12.6. The third-order valence-corrected chi connectivity index (χ3v) is 3.46. The Balaban J connectivity index is 1.97. The lowest BCUT2D eigenvalue weighted by atomic mass is 10.1. The van der Waals surface area contributed by atoms with Gasteiger partial charge in [-0.2, -0.15) is 4.98 Å². The van der Waals surface area contributed by atoms with E-state index in [4.69, 9.17) is 4.52 Å². The molecule has 0 amide bonds. The van der Waals surface area contributed by atoms with Crippen LogP contribution in [0.4, 0.5) is 19.0 Å². The van der Waals surface area contributed by atoms with E-state index >= 15 is 0 Å². The molecule has 132 valence electrons. The molecule has 1 unspecified atom stereocenters. The van der Waals surface area contributed by atoms with Gasteiger partial charge >= 0.3 is 6.36 Å². The Hall–Kier alpha value is -2.88. The maximum Gasteiger partial charge on any atom is 0.573 e. The maximum atomic E-state index is 12.6. The lowest BCUT2D eigenvalue weighted by Crippen LogP contribution is -2.21. The summed E-state index contributed by atoms with van der Waals surface area (Å²) in [5.74, 6) is -0.126. The molecule has 7 nitrogen and oxygen atoms in total. The molecule has 0 bridgehead atoms. The molecule has 0 saturated heterocycles. The van der Waals surface area contributed by atoms with Gasteiger partial charge in [0.2, 0.25) is 0 Å². The molecule has 3 rings (SSSR count). The van der Waals surface area contributed by atoms with Gasteiger partial charge in [-0.15, -0.1) is 13.2 Å². The monoisotopic (exact) mass is 354 g/mol. The van der Waals surface area contributed by atoms with Crippen LogP contribution in [0.25, 0.3) is 11.1 Å². The molecule has 2 aromatic heterocycles. The van der Waals surface area contributed by atoms with E-state index in [2.05, 4.69) is 25.2 Å². The van der Waals surface area contributed by atoms with Crippen LogP contribution in [0.15, 0.2) is 35.1 Å². The number of aromatic nitrogens is 3. The molecule has 25 heavy (non-hydrogen) atoms. The van der Waals surface area contributed by atoms with Crippen LogP contribution < -0.4 is 10.1 Å². The number of para-hydroxylation sites is 1. The number of aliphatic hydroxyl groups excluding tert-OH is 1. The van der Waals surface area contributed by atoms with Crippen molar-refractivity contribution < 1.29 is 27.5 Å². The van der Waals surface area contributed by atoms with E-state index in [0.717, 1.165) is 0 Å². The Labute approximate surface area is 139 Å². The van der Waals surface area contributed by atoms with Gasteiger partial charge in [0.15, 0.2) is 0 Å². The first-order valence-electron chi connectivity index (χ1n) is 7.18. The lowest BCUT2D eigenvalue weighted by Gasteiger charge is -2.21. The van der Waals surface area contributed by atoms with E-state index < -0.39 is 24.8 Å². The van der Waals surface area contributed by atoms with Gasteiger partial charge in [0.05, 0.1) is 18.3 Å². The number of nitrogens with one attached hydrogen (secondary N) is 1. The Morgan fingerprint density at radius 2 is 2.04 bits per heavy atom. The van der Waals surface area contributed by atoms with Gasteiger partial charge < -0.3 is 19.7 Å². The number of alkyl halides is 3. The van der Waals surface area contributed by atoms with E-state index in [0.29, 0.717) is 11.1 Å². The highest BCUT2D eigenvalue weighted by molar-refractivity contribution is 5.87. The van der Waals surface area contributed by atoms with E-state index in [-0.39, 0.29) is 17.1 Å². The first kappa shape index (κ1) is 17.0. The number of nitrogens with zero attached hydrogens (tertiary/aromatic N) is 3. The van der Waals surface area contributed by atoms with Crippen molar-refractivity contribution in [3.05, 3.63) is 41.9 Å². The molecule has 1 atom stereocenters. The minimum absolute atomic E-state index is 0.128. The molecule has 2 heterocycles. The summed E-state index contributed by atoms with van der Waals surface area (Å²) < 4.78 is 46.8. The Bertz CT molecular complexity index is 882. The predicted octanol–water partition coefficient (Wildman–Crippen LogP) is 2.97. The van der Waals surface area contributed by atoms with Crippen molar-refractivity contribution in [1.82, 2.24) is 15.1 Å². The quantitative estimate of drug-likeness (QED) is 0.727. The summed E-state index contributed by atoms with van der Waals surface area (Å²) in [6.45, 7) is 1.18. The van der Waals surface area contributed by atoms with Gasteiger partial charge in [0, 0.05) is 5.56 Å². The van der Waals surface area contributed by atoms with E-state index in [9.17, 15) is 18.3 Å². The number of aliphatic hydroxyl groups is 1. The van der Waals surface area contributed by atoms with Crippen LogP contribution >= 0.6 is 0 Å². The summed E-state index contributed by atoms with van der Waals surface area (Å²) in [6, 6.07) is 4.65. The van der Waals surface area contributed by atoms with Crippen molar-refractivity contribution in [1.29, 1.82) is 0 Å². The molecule has 0 aliphatic heterocycles. The van der Waals surface area contributed by atoms with Crippen molar-refractivity contribution in [2.24, 2.45) is 0 Å². The van der Waals surface area contributed by atoms with Gasteiger partial charge in [0.25, 0.3) is 5.71 Å². The van der Waals surface area contributed by atoms with Gasteiger partial charge in [0.1, 0.15) is 23.3 Å². The standard InChI is InChI=1S/C15H13F3N4O3/c1-8-12-13(19-7-20-14(12)25-22-8)21-10(6-23)9-4-2-3-5-11(9)24-15(16,17)18/h2-5,7,10,23H,6H2,1H3,(H,19,20,21). The Morgan fingerprint density at radius 1 is 1.28 bits per heavy atom. The first-order chi connectivity index (χ1) is 11.9. The molecular weight excluding hydrogens is 341 g/mol. The number of rotatable bonds is 5. The topological polar surface area (TPSA) is 93.3 Å². The predicted molar refractivity (Wildman–Crippen MR) is 80.9 cm³/mol. The van der Waals surface area contributed by atoms with Crippen LogP contribution in [0.1, 0.15) is 17.3 Å². The molecule has 0 radical (unpaired) electrons. The van der Waals surface area contributed by atoms with Crippen LogP contribution in [-0.4, -0.2) is 33.2 Å². The fourth-order valence-electron chi connectivity index (χ4n) is 2.40. The normalized spacial score (nSPS) is 13.0. The first-order valence-corrected chi connectivity index (χ1v) is 7.18. The highest BCUT2D eigenvalue weighted by Crippen LogP contribution is 2.33. The molecule has 10 heteroatoms.